The lowest BCUT2D eigenvalue weighted by Gasteiger charge is -2.01. The lowest BCUT2D eigenvalue weighted by molar-refractivity contribution is 0.790. The van der Waals surface area contributed by atoms with Gasteiger partial charge in [0, 0.05) is 13.5 Å². The third kappa shape index (κ3) is 2.18. The van der Waals surface area contributed by atoms with E-state index in [1.54, 1.807) is 0 Å². The fourth-order valence-electron chi connectivity index (χ4n) is 1.45. The molecule has 0 atom stereocenters. The third-order valence-corrected chi connectivity index (χ3v) is 2.62. The number of hydrogen-bond donors (Lipinski definition) is 0. The number of halogens is 1. The number of alkyl halides is 1. The second kappa shape index (κ2) is 4.45. The first kappa shape index (κ1) is 10.2. The highest BCUT2D eigenvalue weighted by molar-refractivity contribution is 6.16. The Morgan fingerprint density at radius 3 is 2.40 bits per heavy atom. The molecule has 0 aliphatic rings. The van der Waals surface area contributed by atoms with Crippen LogP contribution in [0.15, 0.2) is 30.3 Å². The largest absolute Gasteiger partial charge is 0.317 e. The number of nitrogens with zero attached hydrogens (tertiary/aromatic N) is 3. The van der Waals surface area contributed by atoms with Gasteiger partial charge in [-0.25, -0.2) is 0 Å². The topological polar surface area (TPSA) is 30.7 Å². The summed E-state index contributed by atoms with van der Waals surface area (Å²) in [5.41, 5.74) is 1.23. The maximum Gasteiger partial charge on any atom is 0.147 e. The second-order valence-electron chi connectivity index (χ2n) is 3.39. The van der Waals surface area contributed by atoms with Crippen LogP contribution in [0.25, 0.3) is 0 Å². The van der Waals surface area contributed by atoms with Crippen LogP contribution in [0.1, 0.15) is 17.2 Å². The van der Waals surface area contributed by atoms with Gasteiger partial charge in [-0.05, 0) is 5.56 Å². The average Bonchev–Trinajstić information content (AvgIpc) is 2.62. The molecule has 78 valence electrons. The molecular weight excluding hydrogens is 210 g/mol. The monoisotopic (exact) mass is 221 g/mol. The number of hydrogen-bond acceptors (Lipinski definition) is 2. The summed E-state index contributed by atoms with van der Waals surface area (Å²) in [6.45, 7) is 0. The Bertz CT molecular complexity index is 436. The lowest BCUT2D eigenvalue weighted by atomic mass is 10.1. The summed E-state index contributed by atoms with van der Waals surface area (Å²) in [7, 11) is 1.94. The molecule has 2 rings (SSSR count). The van der Waals surface area contributed by atoms with Gasteiger partial charge in [0.15, 0.2) is 0 Å². The molecule has 1 aromatic heterocycles. The van der Waals surface area contributed by atoms with Crippen molar-refractivity contribution in [2.24, 2.45) is 7.05 Å². The molecule has 0 unspecified atom stereocenters. The van der Waals surface area contributed by atoms with E-state index < -0.39 is 0 Å². The van der Waals surface area contributed by atoms with Crippen LogP contribution in [0.4, 0.5) is 0 Å². The zero-order valence-electron chi connectivity index (χ0n) is 8.52. The van der Waals surface area contributed by atoms with Gasteiger partial charge in [0.1, 0.15) is 11.6 Å². The SMILES string of the molecule is Cn1c(CCl)nnc1Cc1ccccc1. The van der Waals surface area contributed by atoms with Crippen molar-refractivity contribution in [2.45, 2.75) is 12.3 Å². The fraction of sp³-hybridized carbons (Fsp3) is 0.273. The summed E-state index contributed by atoms with van der Waals surface area (Å²) in [5.74, 6) is 2.15. The van der Waals surface area contributed by atoms with Crippen molar-refractivity contribution in [3.63, 3.8) is 0 Å². The summed E-state index contributed by atoms with van der Waals surface area (Å²) in [5, 5.41) is 8.12. The van der Waals surface area contributed by atoms with Gasteiger partial charge in [-0.15, -0.1) is 21.8 Å². The van der Waals surface area contributed by atoms with E-state index in [0.717, 1.165) is 18.1 Å². The van der Waals surface area contributed by atoms with Gasteiger partial charge in [0.25, 0.3) is 0 Å². The first-order chi connectivity index (χ1) is 7.31. The van der Waals surface area contributed by atoms with Crippen molar-refractivity contribution in [3.05, 3.63) is 47.5 Å². The van der Waals surface area contributed by atoms with E-state index in [9.17, 15) is 0 Å². The molecule has 1 aromatic carbocycles. The molecule has 0 bridgehead atoms. The van der Waals surface area contributed by atoms with Gasteiger partial charge in [-0.3, -0.25) is 0 Å². The Labute approximate surface area is 93.7 Å². The average molecular weight is 222 g/mol. The lowest BCUT2D eigenvalue weighted by Crippen LogP contribution is -2.01. The molecule has 0 saturated heterocycles. The molecular formula is C11H12ClN3. The number of aromatic nitrogens is 3. The van der Waals surface area contributed by atoms with Gasteiger partial charge in [-0.1, -0.05) is 30.3 Å². The zero-order valence-corrected chi connectivity index (χ0v) is 9.28. The van der Waals surface area contributed by atoms with Gasteiger partial charge in [0.2, 0.25) is 0 Å². The molecule has 2 aromatic rings. The van der Waals surface area contributed by atoms with Crippen molar-refractivity contribution >= 4 is 11.6 Å². The predicted octanol–water partition coefficient (Wildman–Crippen LogP) is 2.14. The molecule has 3 nitrogen and oxygen atoms in total. The van der Waals surface area contributed by atoms with E-state index in [1.165, 1.54) is 5.56 Å². The molecule has 1 heterocycles. The summed E-state index contributed by atoms with van der Waals surface area (Å²) in [6.07, 6.45) is 0.793. The summed E-state index contributed by atoms with van der Waals surface area (Å²) in [6, 6.07) is 10.2. The zero-order chi connectivity index (χ0) is 10.7. The fourth-order valence-corrected chi connectivity index (χ4v) is 1.68. The summed E-state index contributed by atoms with van der Waals surface area (Å²) < 4.78 is 1.94. The Morgan fingerprint density at radius 2 is 1.80 bits per heavy atom. The summed E-state index contributed by atoms with van der Waals surface area (Å²) in [4.78, 5) is 0. The van der Waals surface area contributed by atoms with Crippen LogP contribution >= 0.6 is 11.6 Å². The van der Waals surface area contributed by atoms with Crippen molar-refractivity contribution in [3.8, 4) is 0 Å². The summed E-state index contributed by atoms with van der Waals surface area (Å²) >= 11 is 5.73. The predicted molar refractivity (Wildman–Crippen MR) is 59.8 cm³/mol. The molecule has 0 aliphatic heterocycles. The number of rotatable bonds is 3. The normalized spacial score (nSPS) is 10.5. The highest BCUT2D eigenvalue weighted by atomic mass is 35.5. The van der Waals surface area contributed by atoms with Crippen molar-refractivity contribution in [1.82, 2.24) is 14.8 Å². The Hall–Kier alpha value is -1.35. The van der Waals surface area contributed by atoms with Crippen LogP contribution in [-0.4, -0.2) is 14.8 Å². The van der Waals surface area contributed by atoms with E-state index in [0.29, 0.717) is 5.88 Å². The van der Waals surface area contributed by atoms with E-state index in [-0.39, 0.29) is 0 Å². The molecule has 0 radical (unpaired) electrons. The van der Waals surface area contributed by atoms with E-state index >= 15 is 0 Å². The molecule has 15 heavy (non-hydrogen) atoms. The Morgan fingerprint density at radius 1 is 1.13 bits per heavy atom. The molecule has 0 saturated carbocycles. The Balaban J connectivity index is 2.21. The van der Waals surface area contributed by atoms with Crippen LogP contribution in [0, 0.1) is 0 Å². The van der Waals surface area contributed by atoms with Crippen molar-refractivity contribution in [1.29, 1.82) is 0 Å². The van der Waals surface area contributed by atoms with Gasteiger partial charge >= 0.3 is 0 Å². The molecule has 0 aliphatic carbocycles. The quantitative estimate of drug-likeness (QED) is 0.744. The van der Waals surface area contributed by atoms with Crippen molar-refractivity contribution < 1.29 is 0 Å². The second-order valence-corrected chi connectivity index (χ2v) is 3.65. The highest BCUT2D eigenvalue weighted by Gasteiger charge is 2.07. The minimum atomic E-state index is 0.401. The first-order valence-electron chi connectivity index (χ1n) is 4.78. The van der Waals surface area contributed by atoms with Crippen molar-refractivity contribution in [2.75, 3.05) is 0 Å². The van der Waals surface area contributed by atoms with E-state index in [1.807, 2.05) is 29.8 Å². The molecule has 0 spiro atoms. The van der Waals surface area contributed by atoms with Gasteiger partial charge in [-0.2, -0.15) is 0 Å². The third-order valence-electron chi connectivity index (χ3n) is 2.38. The smallest absolute Gasteiger partial charge is 0.147 e. The standard InChI is InChI=1S/C11H12ClN3/c1-15-10(13-14-11(15)8-12)7-9-5-3-2-4-6-9/h2-6H,7-8H2,1H3. The molecule has 0 amide bonds. The van der Waals surface area contributed by atoms with Gasteiger partial charge < -0.3 is 4.57 Å². The highest BCUT2D eigenvalue weighted by Crippen LogP contribution is 2.08. The molecule has 0 fully saturated rings. The first-order valence-corrected chi connectivity index (χ1v) is 5.31. The van der Waals surface area contributed by atoms with E-state index in [4.69, 9.17) is 11.6 Å². The molecule has 0 N–H and O–H groups in total. The maximum absolute atomic E-state index is 5.73. The van der Waals surface area contributed by atoms with Crippen LogP contribution in [0.3, 0.4) is 0 Å². The van der Waals surface area contributed by atoms with Crippen LogP contribution in [0.5, 0.6) is 0 Å². The minimum Gasteiger partial charge on any atom is -0.317 e. The molecule has 4 heteroatoms. The van der Waals surface area contributed by atoms with E-state index in [2.05, 4.69) is 22.3 Å². The Kier molecular flexibility index (Phi) is 3.02. The van der Waals surface area contributed by atoms with Gasteiger partial charge in [0.05, 0.1) is 5.88 Å². The minimum absolute atomic E-state index is 0.401. The maximum atomic E-state index is 5.73. The number of benzene rings is 1. The van der Waals surface area contributed by atoms with Crippen LogP contribution < -0.4 is 0 Å². The van der Waals surface area contributed by atoms with Crippen LogP contribution in [0.2, 0.25) is 0 Å². The van der Waals surface area contributed by atoms with Crippen LogP contribution in [-0.2, 0) is 19.3 Å².